The molecule has 0 bridgehead atoms. The van der Waals surface area contributed by atoms with Crippen LogP contribution in [-0.4, -0.2) is 28.9 Å². The Morgan fingerprint density at radius 1 is 1.19 bits per heavy atom. The molecule has 3 aromatic rings. The molecule has 1 heterocycles. The van der Waals surface area contributed by atoms with Crippen LogP contribution in [0.4, 0.5) is 4.39 Å². The van der Waals surface area contributed by atoms with Gasteiger partial charge in [0.1, 0.15) is 11.6 Å². The quantitative estimate of drug-likeness (QED) is 0.522. The maximum Gasteiger partial charge on any atom is 0.271 e. The lowest BCUT2D eigenvalue weighted by Crippen LogP contribution is -2.38. The van der Waals surface area contributed by atoms with E-state index in [1.165, 1.54) is 36.4 Å². The van der Waals surface area contributed by atoms with Crippen LogP contribution < -0.4 is 20.3 Å². The molecule has 0 saturated carbocycles. The number of halogens is 2. The predicted molar refractivity (Wildman–Crippen MR) is 117 cm³/mol. The van der Waals surface area contributed by atoms with Gasteiger partial charge in [-0.05, 0) is 48.9 Å². The van der Waals surface area contributed by atoms with E-state index in [1.807, 2.05) is 18.2 Å². The molecule has 0 fully saturated rings. The maximum atomic E-state index is 13.2. The zero-order valence-electron chi connectivity index (χ0n) is 17.0. The van der Waals surface area contributed by atoms with Crippen LogP contribution in [0.15, 0.2) is 63.9 Å². The smallest absolute Gasteiger partial charge is 0.271 e. The van der Waals surface area contributed by atoms with Crippen molar-refractivity contribution in [2.75, 3.05) is 7.11 Å². The van der Waals surface area contributed by atoms with Crippen molar-refractivity contribution in [3.63, 3.8) is 0 Å². The minimum absolute atomic E-state index is 0.103. The Kier molecular flexibility index (Phi) is 7.41. The average molecular weight is 490 g/mol. The summed E-state index contributed by atoms with van der Waals surface area (Å²) in [5.74, 6) is 0.0105. The molecule has 0 saturated heterocycles. The lowest BCUT2D eigenvalue weighted by Gasteiger charge is -2.18. The van der Waals surface area contributed by atoms with Crippen LogP contribution in [-0.2, 0) is 11.3 Å². The van der Waals surface area contributed by atoms with Crippen LogP contribution in [0.1, 0.15) is 18.9 Å². The number of nitrogens with one attached hydrogen (secondary N) is 1. The van der Waals surface area contributed by atoms with Gasteiger partial charge in [0, 0.05) is 28.7 Å². The third kappa shape index (κ3) is 5.69. The van der Waals surface area contributed by atoms with E-state index in [4.69, 9.17) is 9.47 Å². The number of benzene rings is 2. The van der Waals surface area contributed by atoms with Gasteiger partial charge in [0.25, 0.3) is 11.5 Å². The van der Waals surface area contributed by atoms with E-state index in [-0.39, 0.29) is 18.3 Å². The fourth-order valence-electron chi connectivity index (χ4n) is 2.87. The van der Waals surface area contributed by atoms with Crippen LogP contribution in [0.5, 0.6) is 11.6 Å². The number of nitrogens with zero attached hydrogens (tertiary/aromatic N) is 2. The van der Waals surface area contributed by atoms with Crippen molar-refractivity contribution in [3.8, 4) is 17.3 Å². The Labute approximate surface area is 186 Å². The molecule has 1 atom stereocenters. The van der Waals surface area contributed by atoms with E-state index in [0.717, 1.165) is 14.7 Å². The summed E-state index contributed by atoms with van der Waals surface area (Å²) in [4.78, 5) is 24.8. The molecule has 0 aliphatic carbocycles. The van der Waals surface area contributed by atoms with Gasteiger partial charge in [-0.3, -0.25) is 9.59 Å². The first kappa shape index (κ1) is 22.5. The summed E-state index contributed by atoms with van der Waals surface area (Å²) in [6, 6.07) is 13.5. The summed E-state index contributed by atoms with van der Waals surface area (Å²) in [7, 11) is 1.56. The molecule has 0 radical (unpaired) electrons. The molecule has 7 nitrogen and oxygen atoms in total. The highest BCUT2D eigenvalue weighted by molar-refractivity contribution is 9.10. The molecule has 0 unspecified atom stereocenters. The summed E-state index contributed by atoms with van der Waals surface area (Å²) in [5.41, 5.74) is 0.789. The van der Waals surface area contributed by atoms with Crippen molar-refractivity contribution in [2.45, 2.75) is 26.0 Å². The molecule has 2 aromatic carbocycles. The highest BCUT2D eigenvalue weighted by atomic mass is 79.9. The van der Waals surface area contributed by atoms with Gasteiger partial charge in [0.15, 0.2) is 6.10 Å². The Hall–Kier alpha value is -3.20. The van der Waals surface area contributed by atoms with Gasteiger partial charge in [-0.2, -0.15) is 4.68 Å². The zero-order valence-corrected chi connectivity index (χ0v) is 18.6. The van der Waals surface area contributed by atoms with Crippen LogP contribution in [0.25, 0.3) is 5.69 Å². The van der Waals surface area contributed by atoms with E-state index < -0.39 is 17.5 Å². The molecular weight excluding hydrogens is 469 g/mol. The van der Waals surface area contributed by atoms with E-state index in [2.05, 4.69) is 26.3 Å². The van der Waals surface area contributed by atoms with Crippen LogP contribution in [0, 0.1) is 5.82 Å². The standard InChI is InChI=1S/C22H21BrFN3O4/c1-3-18(22(29)25-13-14-12-15(23)4-9-19(14)30-2)31-20-10-11-21(28)27(26-20)17-7-5-16(24)6-8-17/h4-12,18H,3,13H2,1-2H3,(H,25,29)/t18-/m0/s1. The second kappa shape index (κ2) is 10.2. The topological polar surface area (TPSA) is 82.5 Å². The third-order valence-electron chi connectivity index (χ3n) is 4.47. The SMILES string of the molecule is CC[C@H](Oc1ccc(=O)n(-c2ccc(F)cc2)n1)C(=O)NCc1cc(Br)ccc1OC. The Morgan fingerprint density at radius 2 is 1.94 bits per heavy atom. The molecule has 162 valence electrons. The average Bonchev–Trinajstić information content (AvgIpc) is 2.77. The number of methoxy groups -OCH3 is 1. The summed E-state index contributed by atoms with van der Waals surface area (Å²) in [5, 5.41) is 6.99. The lowest BCUT2D eigenvalue weighted by atomic mass is 10.2. The molecular formula is C22H21BrFN3O4. The summed E-state index contributed by atoms with van der Waals surface area (Å²) < 4.78 is 26.2. The predicted octanol–water partition coefficient (Wildman–Crippen LogP) is 3.62. The number of carbonyl (C=O) groups excluding carboxylic acids is 1. The number of ether oxygens (including phenoxy) is 2. The van der Waals surface area contributed by atoms with Crippen LogP contribution in [0.3, 0.4) is 0 Å². The minimum atomic E-state index is -0.815. The van der Waals surface area contributed by atoms with E-state index >= 15 is 0 Å². The van der Waals surface area contributed by atoms with Crippen molar-refractivity contribution in [1.29, 1.82) is 0 Å². The molecule has 0 spiro atoms. The maximum absolute atomic E-state index is 13.2. The van der Waals surface area contributed by atoms with Crippen LogP contribution in [0.2, 0.25) is 0 Å². The largest absolute Gasteiger partial charge is 0.496 e. The fraction of sp³-hybridized carbons (Fsp3) is 0.227. The summed E-state index contributed by atoms with van der Waals surface area (Å²) in [6.45, 7) is 2.06. The highest BCUT2D eigenvalue weighted by Gasteiger charge is 2.20. The number of carbonyl (C=O) groups is 1. The van der Waals surface area contributed by atoms with Gasteiger partial charge < -0.3 is 14.8 Å². The lowest BCUT2D eigenvalue weighted by molar-refractivity contribution is -0.128. The molecule has 31 heavy (non-hydrogen) atoms. The third-order valence-corrected chi connectivity index (χ3v) is 4.96. The van der Waals surface area contributed by atoms with Gasteiger partial charge in [-0.15, -0.1) is 5.10 Å². The van der Waals surface area contributed by atoms with Gasteiger partial charge in [0.05, 0.1) is 12.8 Å². The molecule has 9 heteroatoms. The second-order valence-corrected chi connectivity index (χ2v) is 7.50. The Bertz CT molecular complexity index is 1120. The van der Waals surface area contributed by atoms with Gasteiger partial charge in [0.2, 0.25) is 5.88 Å². The molecule has 0 aliphatic rings. The highest BCUT2D eigenvalue weighted by Crippen LogP contribution is 2.23. The Morgan fingerprint density at radius 3 is 2.61 bits per heavy atom. The first-order chi connectivity index (χ1) is 14.9. The normalized spacial score (nSPS) is 11.6. The monoisotopic (exact) mass is 489 g/mol. The molecule has 3 rings (SSSR count). The van der Waals surface area contributed by atoms with Crippen molar-refractivity contribution in [3.05, 3.63) is 80.8 Å². The molecule has 1 N–H and O–H groups in total. The van der Waals surface area contributed by atoms with E-state index in [1.54, 1.807) is 14.0 Å². The number of amides is 1. The summed E-state index contributed by atoms with van der Waals surface area (Å²) >= 11 is 3.41. The van der Waals surface area contributed by atoms with E-state index in [9.17, 15) is 14.0 Å². The molecule has 1 amide bonds. The van der Waals surface area contributed by atoms with Crippen molar-refractivity contribution >= 4 is 21.8 Å². The van der Waals surface area contributed by atoms with Crippen LogP contribution >= 0.6 is 15.9 Å². The van der Waals surface area contributed by atoms with Gasteiger partial charge in [-0.25, -0.2) is 4.39 Å². The molecule has 1 aromatic heterocycles. The van der Waals surface area contributed by atoms with Crippen molar-refractivity contribution < 1.29 is 18.7 Å². The Balaban J connectivity index is 1.73. The summed E-state index contributed by atoms with van der Waals surface area (Å²) in [6.07, 6.45) is -0.427. The van der Waals surface area contributed by atoms with E-state index in [0.29, 0.717) is 17.9 Å². The minimum Gasteiger partial charge on any atom is -0.496 e. The number of hydrogen-bond donors (Lipinski definition) is 1. The second-order valence-electron chi connectivity index (χ2n) is 6.59. The van der Waals surface area contributed by atoms with Gasteiger partial charge in [-0.1, -0.05) is 22.9 Å². The zero-order chi connectivity index (χ0) is 22.4. The van der Waals surface area contributed by atoms with Crippen molar-refractivity contribution in [1.82, 2.24) is 15.1 Å². The first-order valence-corrected chi connectivity index (χ1v) is 10.3. The van der Waals surface area contributed by atoms with Gasteiger partial charge >= 0.3 is 0 Å². The fourth-order valence-corrected chi connectivity index (χ4v) is 3.28. The first-order valence-electron chi connectivity index (χ1n) is 9.54. The number of aromatic nitrogens is 2. The molecule has 0 aliphatic heterocycles. The number of hydrogen-bond acceptors (Lipinski definition) is 5. The van der Waals surface area contributed by atoms with Crippen molar-refractivity contribution in [2.24, 2.45) is 0 Å². The number of rotatable bonds is 8.